The molecule has 1 aromatic carbocycles. The second-order valence-corrected chi connectivity index (χ2v) is 11.2. The van der Waals surface area contributed by atoms with E-state index in [0.29, 0.717) is 19.6 Å². The van der Waals surface area contributed by atoms with E-state index in [9.17, 15) is 9.59 Å². The number of nitrogens with one attached hydrogen (secondary N) is 1. The number of piperidine rings is 1. The average Bonchev–Trinajstić information content (AvgIpc) is 2.82. The molecule has 0 radical (unpaired) electrons. The number of allylic oxidation sites excluding steroid dienone is 1. The number of rotatable bonds is 12. The van der Waals surface area contributed by atoms with Crippen LogP contribution in [0.25, 0.3) is 0 Å². The zero-order chi connectivity index (χ0) is 27.4. The molecule has 3 atom stereocenters. The third-order valence-corrected chi connectivity index (χ3v) is 6.48. The second kappa shape index (κ2) is 14.9. The van der Waals surface area contributed by atoms with Gasteiger partial charge >= 0.3 is 6.09 Å². The first-order chi connectivity index (χ1) is 17.6. The third-order valence-electron chi connectivity index (χ3n) is 6.48. The lowest BCUT2D eigenvalue weighted by molar-refractivity contribution is -0.124. The lowest BCUT2D eigenvalue weighted by atomic mass is 9.91. The van der Waals surface area contributed by atoms with Crippen molar-refractivity contribution in [2.45, 2.75) is 96.9 Å². The number of amidine groups is 1. The maximum atomic E-state index is 13.2. The number of carbonyl (C=O) groups excluding carboxylic acids is 2. The maximum Gasteiger partial charge on any atom is 0.408 e. The average molecular weight is 514 g/mol. The number of methoxy groups -OCH3 is 1. The molecule has 0 saturated carbocycles. The van der Waals surface area contributed by atoms with E-state index in [2.05, 4.69) is 42.8 Å². The fraction of sp³-hybridized carbons (Fsp3) is 0.633. The number of Topliss-reactive ketones (excluding diaryl/α,β-unsaturated/α-hetero) is 1. The quantitative estimate of drug-likeness (QED) is 0.166. The van der Waals surface area contributed by atoms with E-state index >= 15 is 0 Å². The van der Waals surface area contributed by atoms with Crippen LogP contribution in [0.1, 0.15) is 78.7 Å². The minimum atomic E-state index is -0.666. The molecule has 2 rings (SSSR count). The van der Waals surface area contributed by atoms with Crippen molar-refractivity contribution in [1.82, 2.24) is 10.2 Å². The molecule has 37 heavy (non-hydrogen) atoms. The Hall–Kier alpha value is -2.67. The van der Waals surface area contributed by atoms with Gasteiger partial charge in [-0.3, -0.25) is 9.79 Å². The number of ketones is 1. The largest absolute Gasteiger partial charge is 0.444 e. The molecule has 7 nitrogen and oxygen atoms in total. The highest BCUT2D eigenvalue weighted by Crippen LogP contribution is 2.25. The lowest BCUT2D eigenvalue weighted by Crippen LogP contribution is -2.59. The highest BCUT2D eigenvalue weighted by molar-refractivity contribution is 6.01. The summed E-state index contributed by atoms with van der Waals surface area (Å²) in [6, 6.07) is 9.39. The van der Waals surface area contributed by atoms with Crippen LogP contribution in [0.3, 0.4) is 0 Å². The van der Waals surface area contributed by atoms with Gasteiger partial charge in [0.1, 0.15) is 17.5 Å². The summed E-state index contributed by atoms with van der Waals surface area (Å²) < 4.78 is 10.9. The van der Waals surface area contributed by atoms with Crippen LogP contribution in [0.15, 0.2) is 48.0 Å². The van der Waals surface area contributed by atoms with Gasteiger partial charge in [-0.15, -0.1) is 6.58 Å². The number of nitrogens with zero attached hydrogens (tertiary/aromatic N) is 2. The number of carbonyl (C=O) groups is 2. The SMILES string of the molecule is C=CCCCCC[C@@H]1CC(=O)[C@H](NC(=O)OC(C)(C)C)CN1C(=N[C@H](COC)C(C)C)c1ccccc1. The van der Waals surface area contributed by atoms with Crippen LogP contribution >= 0.6 is 0 Å². The van der Waals surface area contributed by atoms with Crippen molar-refractivity contribution in [2.24, 2.45) is 10.9 Å². The first kappa shape index (κ1) is 30.6. The molecule has 1 saturated heterocycles. The standard InChI is InChI=1S/C30H47N3O4/c1-8-9-10-11-15-18-24-19-27(34)25(32-29(35)37-30(4,5)6)20-33(24)28(23-16-13-12-14-17-23)31-26(21-36-7)22(2)3/h8,12-14,16-17,22,24-26H,1,9-11,15,18-21H2,2-7H3,(H,32,35)/t24-,25-,26-/m1/s1. The van der Waals surface area contributed by atoms with Crippen molar-refractivity contribution in [3.63, 3.8) is 0 Å². The molecular weight excluding hydrogens is 466 g/mol. The summed E-state index contributed by atoms with van der Waals surface area (Å²) in [4.78, 5) is 33.2. The number of ether oxygens (including phenoxy) is 2. The Morgan fingerprint density at radius 2 is 1.92 bits per heavy atom. The van der Waals surface area contributed by atoms with Crippen molar-refractivity contribution < 1.29 is 19.1 Å². The van der Waals surface area contributed by atoms with Gasteiger partial charge in [0.2, 0.25) is 0 Å². The predicted octanol–water partition coefficient (Wildman–Crippen LogP) is 5.78. The highest BCUT2D eigenvalue weighted by Gasteiger charge is 2.38. The Labute approximate surface area is 223 Å². The van der Waals surface area contributed by atoms with Crippen LogP contribution in [0.5, 0.6) is 0 Å². The van der Waals surface area contributed by atoms with Crippen molar-refractivity contribution in [1.29, 1.82) is 0 Å². The number of hydrogen-bond acceptors (Lipinski definition) is 5. The molecule has 1 fully saturated rings. The molecule has 0 unspecified atom stereocenters. The minimum Gasteiger partial charge on any atom is -0.444 e. The van der Waals surface area contributed by atoms with Gasteiger partial charge < -0.3 is 19.7 Å². The molecule has 1 heterocycles. The van der Waals surface area contributed by atoms with Gasteiger partial charge in [-0.05, 0) is 46.0 Å². The van der Waals surface area contributed by atoms with E-state index < -0.39 is 17.7 Å². The number of amides is 1. The van der Waals surface area contributed by atoms with Crippen LogP contribution < -0.4 is 5.32 Å². The van der Waals surface area contributed by atoms with Crippen molar-refractivity contribution in [3.8, 4) is 0 Å². The highest BCUT2D eigenvalue weighted by atomic mass is 16.6. The van der Waals surface area contributed by atoms with E-state index in [4.69, 9.17) is 14.5 Å². The maximum absolute atomic E-state index is 13.2. The summed E-state index contributed by atoms with van der Waals surface area (Å²) in [7, 11) is 1.69. The number of unbranched alkanes of at least 4 members (excludes halogenated alkanes) is 3. The van der Waals surface area contributed by atoms with E-state index in [1.54, 1.807) is 7.11 Å². The predicted molar refractivity (Wildman–Crippen MR) is 150 cm³/mol. The molecule has 0 aromatic heterocycles. The Morgan fingerprint density at radius 1 is 1.22 bits per heavy atom. The van der Waals surface area contributed by atoms with E-state index in [1.165, 1.54) is 0 Å². The van der Waals surface area contributed by atoms with Crippen molar-refractivity contribution in [2.75, 3.05) is 20.3 Å². The van der Waals surface area contributed by atoms with Crippen LogP contribution in [-0.2, 0) is 14.3 Å². The zero-order valence-electron chi connectivity index (χ0n) is 23.7. The van der Waals surface area contributed by atoms with Gasteiger partial charge in [-0.1, -0.05) is 63.1 Å². The van der Waals surface area contributed by atoms with Crippen molar-refractivity contribution in [3.05, 3.63) is 48.6 Å². The Kier molecular flexibility index (Phi) is 12.3. The fourth-order valence-electron chi connectivity index (χ4n) is 4.48. The molecule has 206 valence electrons. The topological polar surface area (TPSA) is 80.2 Å². The number of alkyl carbamates (subject to hydrolysis) is 1. The number of likely N-dealkylation sites (tertiary alicyclic amines) is 1. The fourth-order valence-corrected chi connectivity index (χ4v) is 4.48. The van der Waals surface area contributed by atoms with Gasteiger partial charge in [0.15, 0.2) is 5.78 Å². The molecule has 1 aliphatic heterocycles. The Morgan fingerprint density at radius 3 is 2.51 bits per heavy atom. The number of aliphatic imine (C=N–C) groups is 1. The molecule has 1 aromatic rings. The molecule has 1 aliphatic rings. The third kappa shape index (κ3) is 10.3. The second-order valence-electron chi connectivity index (χ2n) is 11.2. The lowest BCUT2D eigenvalue weighted by Gasteiger charge is -2.42. The molecule has 0 bridgehead atoms. The van der Waals surface area contributed by atoms with E-state index in [1.807, 2.05) is 45.0 Å². The van der Waals surface area contributed by atoms with Gasteiger partial charge in [0.25, 0.3) is 0 Å². The zero-order valence-corrected chi connectivity index (χ0v) is 23.7. The van der Waals surface area contributed by atoms with Crippen molar-refractivity contribution >= 4 is 17.7 Å². The summed E-state index contributed by atoms with van der Waals surface area (Å²) in [5.41, 5.74) is 0.350. The molecule has 1 amide bonds. The molecule has 1 N–H and O–H groups in total. The summed E-state index contributed by atoms with van der Waals surface area (Å²) >= 11 is 0. The summed E-state index contributed by atoms with van der Waals surface area (Å²) in [6.45, 7) is 14.4. The smallest absolute Gasteiger partial charge is 0.408 e. The molecule has 7 heteroatoms. The first-order valence-corrected chi connectivity index (χ1v) is 13.6. The Bertz CT molecular complexity index is 892. The van der Waals surface area contributed by atoms with Gasteiger partial charge in [0, 0.05) is 31.7 Å². The molecule has 0 aliphatic carbocycles. The monoisotopic (exact) mass is 513 g/mol. The first-order valence-electron chi connectivity index (χ1n) is 13.6. The van der Waals surface area contributed by atoms with Gasteiger partial charge in [0.05, 0.1) is 12.6 Å². The summed E-state index contributed by atoms with van der Waals surface area (Å²) in [5, 5.41) is 2.82. The van der Waals surface area contributed by atoms with Crippen LogP contribution in [0.2, 0.25) is 0 Å². The summed E-state index contributed by atoms with van der Waals surface area (Å²) in [5.74, 6) is 1.15. The van der Waals surface area contributed by atoms with Crippen LogP contribution in [0, 0.1) is 5.92 Å². The van der Waals surface area contributed by atoms with Crippen LogP contribution in [-0.4, -0.2) is 66.6 Å². The normalized spacial score (nSPS) is 19.6. The molecular formula is C30H47N3O4. The molecule has 0 spiro atoms. The summed E-state index contributed by atoms with van der Waals surface area (Å²) in [6.07, 6.45) is 6.79. The minimum absolute atomic E-state index is 0.00207. The van der Waals surface area contributed by atoms with Gasteiger partial charge in [-0.25, -0.2) is 4.79 Å². The van der Waals surface area contributed by atoms with E-state index in [0.717, 1.165) is 43.5 Å². The number of benzene rings is 1. The van der Waals surface area contributed by atoms with E-state index in [-0.39, 0.29) is 23.8 Å². The Balaban J connectivity index is 2.41. The van der Waals surface area contributed by atoms with Gasteiger partial charge in [-0.2, -0.15) is 0 Å². The van der Waals surface area contributed by atoms with Crippen LogP contribution in [0.4, 0.5) is 4.79 Å². The number of hydrogen-bond donors (Lipinski definition) is 1.